The van der Waals surface area contributed by atoms with Gasteiger partial charge in [0.05, 0.1) is 11.5 Å². The molecule has 0 saturated carbocycles. The van der Waals surface area contributed by atoms with Crippen molar-refractivity contribution in [1.29, 1.82) is 0 Å². The highest BCUT2D eigenvalue weighted by Crippen LogP contribution is 2.34. The van der Waals surface area contributed by atoms with E-state index in [1.54, 1.807) is 0 Å². The largest absolute Gasteiger partial charge is 0.383 e. The van der Waals surface area contributed by atoms with Gasteiger partial charge in [-0.25, -0.2) is 9.97 Å². The molecule has 0 aliphatic carbocycles. The van der Waals surface area contributed by atoms with E-state index < -0.39 is 0 Å². The van der Waals surface area contributed by atoms with Crippen molar-refractivity contribution >= 4 is 16.9 Å². The molecule has 1 aliphatic heterocycles. The summed E-state index contributed by atoms with van der Waals surface area (Å²) in [6.45, 7) is 9.08. The van der Waals surface area contributed by atoms with Crippen LogP contribution in [0.5, 0.6) is 0 Å². The van der Waals surface area contributed by atoms with E-state index in [4.69, 9.17) is 10.5 Å². The maximum Gasteiger partial charge on any atom is 0.146 e. The van der Waals surface area contributed by atoms with E-state index in [9.17, 15) is 0 Å². The van der Waals surface area contributed by atoms with E-state index in [0.29, 0.717) is 18.0 Å². The lowest BCUT2D eigenvalue weighted by molar-refractivity contribution is 0.00638. The van der Waals surface area contributed by atoms with Crippen molar-refractivity contribution in [3.63, 3.8) is 0 Å². The molecule has 108 valence electrons. The van der Waals surface area contributed by atoms with Crippen LogP contribution in [0.3, 0.4) is 0 Å². The lowest BCUT2D eigenvalue weighted by atomic mass is 10.0. The van der Waals surface area contributed by atoms with Crippen molar-refractivity contribution in [2.24, 2.45) is 0 Å². The molecule has 5 nitrogen and oxygen atoms in total. The normalized spacial score (nSPS) is 23.4. The van der Waals surface area contributed by atoms with E-state index in [-0.39, 0.29) is 0 Å². The summed E-state index contributed by atoms with van der Waals surface area (Å²) in [5.74, 6) is 1.32. The van der Waals surface area contributed by atoms with Gasteiger partial charge in [0, 0.05) is 18.3 Å². The Morgan fingerprint density at radius 3 is 2.70 bits per heavy atom. The van der Waals surface area contributed by atoms with Crippen LogP contribution in [-0.4, -0.2) is 27.2 Å². The number of nitrogens with zero attached hydrogens (tertiary/aromatic N) is 3. The summed E-state index contributed by atoms with van der Waals surface area (Å²) >= 11 is 0. The molecule has 20 heavy (non-hydrogen) atoms. The number of aryl methyl sites for hydroxylation is 2. The smallest absolute Gasteiger partial charge is 0.146 e. The van der Waals surface area contributed by atoms with Crippen LogP contribution in [-0.2, 0) is 4.74 Å². The molecule has 1 saturated heterocycles. The summed E-state index contributed by atoms with van der Waals surface area (Å²) < 4.78 is 8.01. The topological polar surface area (TPSA) is 66.0 Å². The van der Waals surface area contributed by atoms with Crippen molar-refractivity contribution in [3.05, 3.63) is 17.1 Å². The Balaban J connectivity index is 2.22. The van der Waals surface area contributed by atoms with Gasteiger partial charge >= 0.3 is 0 Å². The first-order valence-electron chi connectivity index (χ1n) is 7.21. The van der Waals surface area contributed by atoms with Gasteiger partial charge in [0.2, 0.25) is 0 Å². The number of aromatic nitrogens is 3. The molecule has 3 heterocycles. The lowest BCUT2D eigenvalue weighted by Gasteiger charge is -2.29. The molecule has 2 atom stereocenters. The van der Waals surface area contributed by atoms with Crippen LogP contribution in [0.2, 0.25) is 0 Å². The monoisotopic (exact) mass is 274 g/mol. The van der Waals surface area contributed by atoms with Gasteiger partial charge in [-0.3, -0.25) is 0 Å². The first kappa shape index (κ1) is 13.4. The molecule has 2 N–H and O–H groups in total. The zero-order valence-corrected chi connectivity index (χ0v) is 12.6. The van der Waals surface area contributed by atoms with E-state index in [1.165, 1.54) is 11.3 Å². The van der Waals surface area contributed by atoms with Crippen molar-refractivity contribution in [2.45, 2.75) is 52.7 Å². The van der Waals surface area contributed by atoms with E-state index in [0.717, 1.165) is 36.3 Å². The number of hydrogen-bond acceptors (Lipinski definition) is 4. The SMILES string of the molecule is Cc1nc(N)c2c(C)c(C)n(C3CCOC(C)C3)c2n1. The molecule has 2 aromatic heterocycles. The summed E-state index contributed by atoms with van der Waals surface area (Å²) in [7, 11) is 0. The van der Waals surface area contributed by atoms with Gasteiger partial charge in [0.1, 0.15) is 17.3 Å². The molecule has 0 radical (unpaired) electrons. The summed E-state index contributed by atoms with van der Waals surface area (Å²) in [6, 6.07) is 0.434. The van der Waals surface area contributed by atoms with Crippen molar-refractivity contribution in [1.82, 2.24) is 14.5 Å². The fourth-order valence-electron chi connectivity index (χ4n) is 3.29. The Morgan fingerprint density at radius 1 is 1.25 bits per heavy atom. The zero-order chi connectivity index (χ0) is 14.4. The number of hydrogen-bond donors (Lipinski definition) is 1. The minimum absolute atomic E-state index is 0.297. The molecule has 5 heteroatoms. The van der Waals surface area contributed by atoms with Gasteiger partial charge in [-0.05, 0) is 46.1 Å². The van der Waals surface area contributed by atoms with Crippen LogP contribution in [0, 0.1) is 20.8 Å². The predicted octanol–water partition coefficient (Wildman–Crippen LogP) is 2.68. The van der Waals surface area contributed by atoms with Gasteiger partial charge in [0.25, 0.3) is 0 Å². The second kappa shape index (κ2) is 4.74. The first-order valence-corrected chi connectivity index (χ1v) is 7.21. The third-order valence-corrected chi connectivity index (χ3v) is 4.36. The second-order valence-electron chi connectivity index (χ2n) is 5.79. The standard InChI is InChI=1S/C15H22N4O/c1-8-7-12(5-6-20-8)19-10(3)9(2)13-14(16)17-11(4)18-15(13)19/h8,12H,5-7H2,1-4H3,(H2,16,17,18). The number of rotatable bonds is 1. The van der Waals surface area contributed by atoms with Crippen molar-refractivity contribution in [2.75, 3.05) is 12.3 Å². The van der Waals surface area contributed by atoms with Gasteiger partial charge in [-0.2, -0.15) is 0 Å². The van der Waals surface area contributed by atoms with Gasteiger partial charge in [0.15, 0.2) is 0 Å². The zero-order valence-electron chi connectivity index (χ0n) is 12.6. The Morgan fingerprint density at radius 2 is 2.00 bits per heavy atom. The average Bonchev–Trinajstić information content (AvgIpc) is 2.61. The number of nitrogens with two attached hydrogens (primary N) is 1. The van der Waals surface area contributed by atoms with Crippen LogP contribution >= 0.6 is 0 Å². The fourth-order valence-corrected chi connectivity index (χ4v) is 3.29. The summed E-state index contributed by atoms with van der Waals surface area (Å²) in [5.41, 5.74) is 9.52. The molecule has 0 amide bonds. The summed E-state index contributed by atoms with van der Waals surface area (Å²) in [6.07, 6.45) is 2.34. The molecular weight excluding hydrogens is 252 g/mol. The van der Waals surface area contributed by atoms with Gasteiger partial charge in [-0.15, -0.1) is 0 Å². The van der Waals surface area contributed by atoms with Crippen LogP contribution in [0.1, 0.15) is 42.9 Å². The molecule has 0 aromatic carbocycles. The highest BCUT2D eigenvalue weighted by Gasteiger charge is 2.26. The maximum atomic E-state index is 6.11. The minimum Gasteiger partial charge on any atom is -0.383 e. The molecule has 2 aromatic rings. The number of fused-ring (bicyclic) bond motifs is 1. The Hall–Kier alpha value is -1.62. The third kappa shape index (κ3) is 1.97. The summed E-state index contributed by atoms with van der Waals surface area (Å²) in [5, 5.41) is 1.01. The molecule has 1 aliphatic rings. The molecular formula is C15H22N4O. The highest BCUT2D eigenvalue weighted by molar-refractivity contribution is 5.91. The van der Waals surface area contributed by atoms with E-state index in [2.05, 4.69) is 35.3 Å². The number of anilines is 1. The fraction of sp³-hybridized carbons (Fsp3) is 0.600. The highest BCUT2D eigenvalue weighted by atomic mass is 16.5. The lowest BCUT2D eigenvalue weighted by Crippen LogP contribution is -2.26. The van der Waals surface area contributed by atoms with E-state index in [1.807, 2.05) is 6.92 Å². The summed E-state index contributed by atoms with van der Waals surface area (Å²) in [4.78, 5) is 8.96. The van der Waals surface area contributed by atoms with E-state index >= 15 is 0 Å². The van der Waals surface area contributed by atoms with Crippen LogP contribution < -0.4 is 5.73 Å². The third-order valence-electron chi connectivity index (χ3n) is 4.36. The molecule has 0 spiro atoms. The molecule has 2 unspecified atom stereocenters. The Bertz CT molecular complexity index is 662. The molecule has 0 bridgehead atoms. The first-order chi connectivity index (χ1) is 9.49. The average molecular weight is 274 g/mol. The minimum atomic E-state index is 0.297. The van der Waals surface area contributed by atoms with Crippen LogP contribution in [0.15, 0.2) is 0 Å². The Kier molecular flexibility index (Phi) is 3.17. The Labute approximate surface area is 119 Å². The predicted molar refractivity (Wildman–Crippen MR) is 79.8 cm³/mol. The van der Waals surface area contributed by atoms with Gasteiger partial charge < -0.3 is 15.0 Å². The van der Waals surface area contributed by atoms with Crippen LogP contribution in [0.25, 0.3) is 11.0 Å². The van der Waals surface area contributed by atoms with Crippen LogP contribution in [0.4, 0.5) is 5.82 Å². The maximum absolute atomic E-state index is 6.11. The molecule has 1 fully saturated rings. The quantitative estimate of drug-likeness (QED) is 0.868. The van der Waals surface area contributed by atoms with Crippen molar-refractivity contribution in [3.8, 4) is 0 Å². The van der Waals surface area contributed by atoms with Crippen molar-refractivity contribution < 1.29 is 4.74 Å². The molecule has 3 rings (SSSR count). The number of nitrogen functional groups attached to an aromatic ring is 1. The second-order valence-corrected chi connectivity index (χ2v) is 5.79. The number of ether oxygens (including phenoxy) is 1. The van der Waals surface area contributed by atoms with Gasteiger partial charge in [-0.1, -0.05) is 0 Å².